The molecule has 0 fully saturated rings. The molecular formula is C16H25F2NO2. The van der Waals surface area contributed by atoms with Crippen LogP contribution in [-0.2, 0) is 6.54 Å². The van der Waals surface area contributed by atoms with E-state index in [0.717, 1.165) is 12.1 Å². The van der Waals surface area contributed by atoms with Crippen molar-refractivity contribution in [3.05, 3.63) is 23.8 Å². The summed E-state index contributed by atoms with van der Waals surface area (Å²) >= 11 is 0. The Morgan fingerprint density at radius 2 is 1.86 bits per heavy atom. The quantitative estimate of drug-likeness (QED) is 0.785. The van der Waals surface area contributed by atoms with Crippen LogP contribution in [0.15, 0.2) is 18.2 Å². The molecule has 0 bridgehead atoms. The van der Waals surface area contributed by atoms with Crippen molar-refractivity contribution in [2.45, 2.75) is 40.9 Å². The maximum atomic E-state index is 12.4. The maximum Gasteiger partial charge on any atom is 0.387 e. The van der Waals surface area contributed by atoms with Crippen LogP contribution in [0, 0.1) is 11.3 Å². The van der Waals surface area contributed by atoms with Crippen molar-refractivity contribution in [2.75, 3.05) is 13.7 Å². The van der Waals surface area contributed by atoms with Crippen molar-refractivity contribution in [3.63, 3.8) is 0 Å². The Morgan fingerprint density at radius 1 is 1.19 bits per heavy atom. The van der Waals surface area contributed by atoms with Crippen LogP contribution in [0.5, 0.6) is 11.5 Å². The predicted molar refractivity (Wildman–Crippen MR) is 80.0 cm³/mol. The van der Waals surface area contributed by atoms with E-state index in [1.807, 2.05) is 6.07 Å². The molecule has 0 unspecified atom stereocenters. The molecule has 120 valence electrons. The second-order valence-corrected chi connectivity index (χ2v) is 6.11. The zero-order chi connectivity index (χ0) is 16.0. The van der Waals surface area contributed by atoms with Gasteiger partial charge in [-0.25, -0.2) is 0 Å². The first-order valence-electron chi connectivity index (χ1n) is 7.08. The molecule has 0 atom stereocenters. The molecule has 0 radical (unpaired) electrons. The lowest BCUT2D eigenvalue weighted by molar-refractivity contribution is -0.0512. The minimum atomic E-state index is -2.86. The highest BCUT2D eigenvalue weighted by atomic mass is 19.3. The van der Waals surface area contributed by atoms with E-state index in [2.05, 4.69) is 37.7 Å². The molecular weight excluding hydrogens is 276 g/mol. The summed E-state index contributed by atoms with van der Waals surface area (Å²) in [4.78, 5) is 0. The molecule has 1 N–H and O–H groups in total. The topological polar surface area (TPSA) is 30.5 Å². The second kappa shape index (κ2) is 7.59. The summed E-state index contributed by atoms with van der Waals surface area (Å²) < 4.78 is 34.2. The van der Waals surface area contributed by atoms with Crippen LogP contribution < -0.4 is 14.8 Å². The van der Waals surface area contributed by atoms with Crippen molar-refractivity contribution >= 4 is 0 Å². The van der Waals surface area contributed by atoms with Gasteiger partial charge in [-0.15, -0.1) is 0 Å². The Labute approximate surface area is 125 Å². The van der Waals surface area contributed by atoms with Gasteiger partial charge >= 0.3 is 6.61 Å². The monoisotopic (exact) mass is 301 g/mol. The molecule has 5 heteroatoms. The SMILES string of the molecule is COc1ccc(CNCC(C)(C)C(C)C)cc1OC(F)F. The summed E-state index contributed by atoms with van der Waals surface area (Å²) in [6.07, 6.45) is 0. The average molecular weight is 301 g/mol. The molecule has 0 saturated heterocycles. The van der Waals surface area contributed by atoms with Crippen LogP contribution in [0.4, 0.5) is 8.78 Å². The molecule has 1 aromatic carbocycles. The molecule has 0 aliphatic rings. The summed E-state index contributed by atoms with van der Waals surface area (Å²) in [5, 5.41) is 3.36. The van der Waals surface area contributed by atoms with E-state index in [1.165, 1.54) is 7.11 Å². The van der Waals surface area contributed by atoms with Crippen molar-refractivity contribution in [2.24, 2.45) is 11.3 Å². The summed E-state index contributed by atoms with van der Waals surface area (Å²) in [5.41, 5.74) is 1.06. The van der Waals surface area contributed by atoms with Gasteiger partial charge in [-0.05, 0) is 29.0 Å². The van der Waals surface area contributed by atoms with Gasteiger partial charge in [0, 0.05) is 13.1 Å². The molecule has 1 aromatic rings. The molecule has 1 rings (SSSR count). The number of ether oxygens (including phenoxy) is 2. The molecule has 3 nitrogen and oxygen atoms in total. The van der Waals surface area contributed by atoms with Gasteiger partial charge in [0.2, 0.25) is 0 Å². The number of hydrogen-bond donors (Lipinski definition) is 1. The third kappa shape index (κ3) is 5.50. The van der Waals surface area contributed by atoms with Gasteiger partial charge in [-0.3, -0.25) is 0 Å². The van der Waals surface area contributed by atoms with E-state index in [9.17, 15) is 8.78 Å². The Morgan fingerprint density at radius 3 is 2.38 bits per heavy atom. The van der Waals surface area contributed by atoms with E-state index in [-0.39, 0.29) is 11.2 Å². The molecule has 0 spiro atoms. The number of halogens is 2. The van der Waals surface area contributed by atoms with E-state index in [1.54, 1.807) is 12.1 Å². The van der Waals surface area contributed by atoms with Gasteiger partial charge in [0.05, 0.1) is 7.11 Å². The van der Waals surface area contributed by atoms with Gasteiger partial charge in [-0.2, -0.15) is 8.78 Å². The fourth-order valence-corrected chi connectivity index (χ4v) is 1.75. The third-order valence-corrected chi connectivity index (χ3v) is 3.92. The standard InChI is InChI=1S/C16H25F2NO2/c1-11(2)16(3,4)10-19-9-12-6-7-13(20-5)14(8-12)21-15(17)18/h6-8,11,15,19H,9-10H2,1-5H3. The first-order chi connectivity index (χ1) is 9.76. The van der Waals surface area contributed by atoms with E-state index in [4.69, 9.17) is 4.74 Å². The Kier molecular flexibility index (Phi) is 6.40. The van der Waals surface area contributed by atoms with Crippen LogP contribution in [0.25, 0.3) is 0 Å². The van der Waals surface area contributed by atoms with Gasteiger partial charge in [0.1, 0.15) is 0 Å². The van der Waals surface area contributed by atoms with Gasteiger partial charge in [0.15, 0.2) is 11.5 Å². The number of methoxy groups -OCH3 is 1. The number of benzene rings is 1. The number of hydrogen-bond acceptors (Lipinski definition) is 3. The van der Waals surface area contributed by atoms with Crippen molar-refractivity contribution < 1.29 is 18.3 Å². The van der Waals surface area contributed by atoms with E-state index in [0.29, 0.717) is 18.2 Å². The first kappa shape index (κ1) is 17.7. The first-order valence-corrected chi connectivity index (χ1v) is 7.08. The number of alkyl halides is 2. The van der Waals surface area contributed by atoms with Crippen LogP contribution in [0.1, 0.15) is 33.3 Å². The molecule has 0 heterocycles. The minimum Gasteiger partial charge on any atom is -0.493 e. The van der Waals surface area contributed by atoms with Crippen LogP contribution in [0.2, 0.25) is 0 Å². The van der Waals surface area contributed by atoms with Gasteiger partial charge < -0.3 is 14.8 Å². The zero-order valence-corrected chi connectivity index (χ0v) is 13.4. The molecule has 21 heavy (non-hydrogen) atoms. The van der Waals surface area contributed by atoms with Crippen molar-refractivity contribution in [3.8, 4) is 11.5 Å². The minimum absolute atomic E-state index is 0.0647. The zero-order valence-electron chi connectivity index (χ0n) is 13.4. The maximum absolute atomic E-state index is 12.4. The number of rotatable bonds is 8. The highest BCUT2D eigenvalue weighted by molar-refractivity contribution is 5.42. The summed E-state index contributed by atoms with van der Waals surface area (Å²) in [5.74, 6) is 0.926. The fourth-order valence-electron chi connectivity index (χ4n) is 1.75. The lowest BCUT2D eigenvalue weighted by Gasteiger charge is -2.29. The molecule has 0 saturated carbocycles. The fraction of sp³-hybridized carbons (Fsp3) is 0.625. The molecule has 0 amide bonds. The second-order valence-electron chi connectivity index (χ2n) is 6.11. The van der Waals surface area contributed by atoms with Gasteiger partial charge in [0.25, 0.3) is 0 Å². The Bertz CT molecular complexity index is 448. The van der Waals surface area contributed by atoms with Crippen LogP contribution in [0.3, 0.4) is 0 Å². The predicted octanol–water partition coefficient (Wildman–Crippen LogP) is 4.07. The highest BCUT2D eigenvalue weighted by Gasteiger charge is 2.21. The molecule has 0 aromatic heterocycles. The van der Waals surface area contributed by atoms with Crippen molar-refractivity contribution in [1.82, 2.24) is 5.32 Å². The van der Waals surface area contributed by atoms with Gasteiger partial charge in [-0.1, -0.05) is 33.8 Å². The van der Waals surface area contributed by atoms with E-state index >= 15 is 0 Å². The Hall–Kier alpha value is -1.36. The summed E-state index contributed by atoms with van der Waals surface area (Å²) in [6, 6.07) is 5.06. The smallest absolute Gasteiger partial charge is 0.387 e. The van der Waals surface area contributed by atoms with E-state index < -0.39 is 6.61 Å². The lowest BCUT2D eigenvalue weighted by atomic mass is 9.81. The summed E-state index contributed by atoms with van der Waals surface area (Å²) in [7, 11) is 1.43. The highest BCUT2D eigenvalue weighted by Crippen LogP contribution is 2.30. The Balaban J connectivity index is 2.68. The molecule has 0 aliphatic carbocycles. The summed E-state index contributed by atoms with van der Waals surface area (Å²) in [6.45, 7) is 7.35. The van der Waals surface area contributed by atoms with Crippen LogP contribution in [-0.4, -0.2) is 20.3 Å². The third-order valence-electron chi connectivity index (χ3n) is 3.92. The van der Waals surface area contributed by atoms with Crippen molar-refractivity contribution in [1.29, 1.82) is 0 Å². The van der Waals surface area contributed by atoms with Crippen LogP contribution >= 0.6 is 0 Å². The largest absolute Gasteiger partial charge is 0.493 e. The lowest BCUT2D eigenvalue weighted by Crippen LogP contribution is -2.33. The average Bonchev–Trinajstić information content (AvgIpc) is 2.38. The molecule has 0 aliphatic heterocycles. The normalized spacial score (nSPS) is 12.0. The number of nitrogens with one attached hydrogen (secondary N) is 1.